The van der Waals surface area contributed by atoms with Gasteiger partial charge in [-0.25, -0.2) is 0 Å². The maximum atomic E-state index is 3.62. The summed E-state index contributed by atoms with van der Waals surface area (Å²) in [5.41, 5.74) is 0. The third-order valence-corrected chi connectivity index (χ3v) is 4.91. The highest BCUT2D eigenvalue weighted by atomic mass is 14.8. The fourth-order valence-electron chi connectivity index (χ4n) is 3.25. The summed E-state index contributed by atoms with van der Waals surface area (Å²) in [6.07, 6.45) is 25.8. The van der Waals surface area contributed by atoms with Gasteiger partial charge in [-0.05, 0) is 25.9 Å². The van der Waals surface area contributed by atoms with Crippen LogP contribution >= 0.6 is 0 Å². The number of nitrogens with one attached hydrogen (secondary N) is 1. The Balaban J connectivity index is 2.92. The summed E-state index contributed by atoms with van der Waals surface area (Å²) in [6, 6.07) is 0. The number of hydrogen-bond donors (Lipinski definition) is 1. The third-order valence-electron chi connectivity index (χ3n) is 4.91. The summed E-state index contributed by atoms with van der Waals surface area (Å²) in [6.45, 7) is 7.07. The zero-order valence-corrected chi connectivity index (χ0v) is 16.6. The highest BCUT2D eigenvalue weighted by Gasteiger charge is 1.94. The van der Waals surface area contributed by atoms with E-state index >= 15 is 0 Å². The second-order valence-corrected chi connectivity index (χ2v) is 7.41. The molecule has 1 nitrogen and oxygen atoms in total. The molecule has 0 fully saturated rings. The first-order valence-electron chi connectivity index (χ1n) is 11.1. The Bertz CT molecular complexity index is 170. The van der Waals surface area contributed by atoms with Gasteiger partial charge in [0.05, 0.1) is 0 Å². The van der Waals surface area contributed by atoms with Crippen LogP contribution in [0.5, 0.6) is 0 Å². The molecular weight excluding hydrogens is 278 g/mol. The molecule has 0 unspecified atom stereocenters. The van der Waals surface area contributed by atoms with Crippen LogP contribution in [0.25, 0.3) is 0 Å². The predicted octanol–water partition coefficient (Wildman–Crippen LogP) is 7.64. The van der Waals surface area contributed by atoms with E-state index in [-0.39, 0.29) is 0 Å². The standard InChI is InChI=1S/C22H47N/c1-3-5-7-9-11-12-13-14-16-18-20-22-23-21-19-17-15-10-8-6-4-2/h23H,3-22H2,1-2H3. The topological polar surface area (TPSA) is 12.0 Å². The molecule has 0 aromatic carbocycles. The quantitative estimate of drug-likeness (QED) is 0.227. The molecule has 0 aromatic rings. The van der Waals surface area contributed by atoms with E-state index in [9.17, 15) is 0 Å². The van der Waals surface area contributed by atoms with E-state index in [1.807, 2.05) is 0 Å². The first-order valence-corrected chi connectivity index (χ1v) is 11.1. The summed E-state index contributed by atoms with van der Waals surface area (Å²) in [5, 5.41) is 3.62. The molecule has 1 N–H and O–H groups in total. The maximum absolute atomic E-state index is 3.62. The lowest BCUT2D eigenvalue weighted by Crippen LogP contribution is -2.16. The molecule has 0 atom stereocenters. The maximum Gasteiger partial charge on any atom is -0.00489 e. The van der Waals surface area contributed by atoms with Crippen molar-refractivity contribution in [1.82, 2.24) is 5.32 Å². The fourth-order valence-corrected chi connectivity index (χ4v) is 3.25. The van der Waals surface area contributed by atoms with Gasteiger partial charge >= 0.3 is 0 Å². The van der Waals surface area contributed by atoms with Crippen molar-refractivity contribution in [2.24, 2.45) is 0 Å². The van der Waals surface area contributed by atoms with Crippen molar-refractivity contribution in [3.63, 3.8) is 0 Å². The molecule has 0 bridgehead atoms. The van der Waals surface area contributed by atoms with Gasteiger partial charge in [-0.1, -0.05) is 117 Å². The molecule has 0 spiro atoms. The average molecular weight is 326 g/mol. The van der Waals surface area contributed by atoms with Gasteiger partial charge in [-0.3, -0.25) is 0 Å². The van der Waals surface area contributed by atoms with Crippen molar-refractivity contribution < 1.29 is 0 Å². The lowest BCUT2D eigenvalue weighted by molar-refractivity contribution is 0.528. The van der Waals surface area contributed by atoms with Crippen LogP contribution < -0.4 is 5.32 Å². The smallest absolute Gasteiger partial charge is 0.00489 e. The van der Waals surface area contributed by atoms with E-state index in [0.717, 1.165) is 0 Å². The average Bonchev–Trinajstić information content (AvgIpc) is 2.57. The van der Waals surface area contributed by atoms with E-state index in [1.54, 1.807) is 0 Å². The van der Waals surface area contributed by atoms with Crippen LogP contribution in [0.3, 0.4) is 0 Å². The highest BCUT2D eigenvalue weighted by Crippen LogP contribution is 2.11. The Morgan fingerprint density at radius 3 is 0.913 bits per heavy atom. The molecule has 0 saturated heterocycles. The minimum atomic E-state index is 1.24. The van der Waals surface area contributed by atoms with Crippen molar-refractivity contribution in [3.05, 3.63) is 0 Å². The molecule has 140 valence electrons. The largest absolute Gasteiger partial charge is 0.317 e. The molecule has 0 aliphatic rings. The predicted molar refractivity (Wildman–Crippen MR) is 107 cm³/mol. The molecule has 0 rings (SSSR count). The van der Waals surface area contributed by atoms with E-state index in [2.05, 4.69) is 19.2 Å². The van der Waals surface area contributed by atoms with E-state index in [0.29, 0.717) is 0 Å². The summed E-state index contributed by atoms with van der Waals surface area (Å²) >= 11 is 0. The number of rotatable bonds is 20. The summed E-state index contributed by atoms with van der Waals surface area (Å²) in [5.74, 6) is 0. The Morgan fingerprint density at radius 2 is 0.609 bits per heavy atom. The molecule has 0 heterocycles. The van der Waals surface area contributed by atoms with Gasteiger partial charge < -0.3 is 5.32 Å². The Hall–Kier alpha value is -0.0400. The summed E-state index contributed by atoms with van der Waals surface area (Å²) < 4.78 is 0. The van der Waals surface area contributed by atoms with Crippen molar-refractivity contribution in [2.75, 3.05) is 13.1 Å². The molecule has 0 amide bonds. The van der Waals surface area contributed by atoms with Crippen molar-refractivity contribution in [2.45, 2.75) is 129 Å². The van der Waals surface area contributed by atoms with Gasteiger partial charge in [0.1, 0.15) is 0 Å². The monoisotopic (exact) mass is 325 g/mol. The first-order chi connectivity index (χ1) is 11.4. The third kappa shape index (κ3) is 22.0. The van der Waals surface area contributed by atoms with Crippen LogP contribution in [0.2, 0.25) is 0 Å². The second-order valence-electron chi connectivity index (χ2n) is 7.41. The minimum Gasteiger partial charge on any atom is -0.317 e. The number of hydrogen-bond acceptors (Lipinski definition) is 1. The van der Waals surface area contributed by atoms with Gasteiger partial charge in [0.25, 0.3) is 0 Å². The molecule has 0 radical (unpaired) electrons. The minimum absolute atomic E-state index is 1.24. The second kappa shape index (κ2) is 22.0. The van der Waals surface area contributed by atoms with E-state index < -0.39 is 0 Å². The van der Waals surface area contributed by atoms with Crippen LogP contribution in [-0.4, -0.2) is 13.1 Å². The van der Waals surface area contributed by atoms with Crippen LogP contribution in [0.1, 0.15) is 129 Å². The van der Waals surface area contributed by atoms with Crippen molar-refractivity contribution in [3.8, 4) is 0 Å². The van der Waals surface area contributed by atoms with Crippen LogP contribution in [0, 0.1) is 0 Å². The SMILES string of the molecule is CCCCCCCCCCCCCNCCCCCCCCC. The van der Waals surface area contributed by atoms with E-state index in [4.69, 9.17) is 0 Å². The van der Waals surface area contributed by atoms with Gasteiger partial charge in [0, 0.05) is 0 Å². The molecule has 0 aliphatic carbocycles. The van der Waals surface area contributed by atoms with Crippen LogP contribution in [-0.2, 0) is 0 Å². The van der Waals surface area contributed by atoms with Crippen molar-refractivity contribution >= 4 is 0 Å². The number of unbranched alkanes of at least 4 members (excludes halogenated alkanes) is 16. The lowest BCUT2D eigenvalue weighted by Gasteiger charge is -2.05. The zero-order valence-electron chi connectivity index (χ0n) is 16.6. The van der Waals surface area contributed by atoms with Crippen LogP contribution in [0.15, 0.2) is 0 Å². The van der Waals surface area contributed by atoms with Gasteiger partial charge in [0.2, 0.25) is 0 Å². The summed E-state index contributed by atoms with van der Waals surface area (Å²) in [7, 11) is 0. The first kappa shape index (κ1) is 23.0. The van der Waals surface area contributed by atoms with E-state index in [1.165, 1.54) is 129 Å². The van der Waals surface area contributed by atoms with Gasteiger partial charge in [-0.15, -0.1) is 0 Å². The normalized spacial score (nSPS) is 11.2. The Labute approximate surface area is 148 Å². The zero-order chi connectivity index (χ0) is 16.8. The van der Waals surface area contributed by atoms with Crippen LogP contribution in [0.4, 0.5) is 0 Å². The molecule has 0 saturated carbocycles. The Morgan fingerprint density at radius 1 is 0.348 bits per heavy atom. The van der Waals surface area contributed by atoms with Gasteiger partial charge in [0.15, 0.2) is 0 Å². The highest BCUT2D eigenvalue weighted by molar-refractivity contribution is 4.52. The molecule has 0 aliphatic heterocycles. The molecule has 1 heteroatoms. The lowest BCUT2D eigenvalue weighted by atomic mass is 10.1. The summed E-state index contributed by atoms with van der Waals surface area (Å²) in [4.78, 5) is 0. The molecule has 23 heavy (non-hydrogen) atoms. The molecular formula is C22H47N. The van der Waals surface area contributed by atoms with Crippen molar-refractivity contribution in [1.29, 1.82) is 0 Å². The fraction of sp³-hybridized carbons (Fsp3) is 1.00. The van der Waals surface area contributed by atoms with Gasteiger partial charge in [-0.2, -0.15) is 0 Å². The molecule has 0 aromatic heterocycles. The Kier molecular flexibility index (Phi) is 21.9.